The number of rotatable bonds is 11. The van der Waals surface area contributed by atoms with Crippen LogP contribution in [0.15, 0.2) is 40.9 Å². The molecule has 0 aliphatic carbocycles. The first-order valence-electron chi connectivity index (χ1n) is 11.6. The second kappa shape index (κ2) is 11.0. The van der Waals surface area contributed by atoms with Gasteiger partial charge in [0.1, 0.15) is 24.9 Å². The molecule has 0 bridgehead atoms. The maximum atomic E-state index is 12.8. The smallest absolute Gasteiger partial charge is 0.255 e. The van der Waals surface area contributed by atoms with Crippen LogP contribution < -0.4 is 9.64 Å². The van der Waals surface area contributed by atoms with Crippen molar-refractivity contribution in [1.29, 1.82) is 0 Å². The summed E-state index contributed by atoms with van der Waals surface area (Å²) in [6.45, 7) is 3.06. The maximum absolute atomic E-state index is 12.8. The molecular weight excluding hydrogens is 484 g/mol. The highest BCUT2D eigenvalue weighted by atomic mass is 79.9. The summed E-state index contributed by atoms with van der Waals surface area (Å²) >= 11 is 3.50. The molecule has 2 aromatic rings. The van der Waals surface area contributed by atoms with Gasteiger partial charge in [0.2, 0.25) is 0 Å². The molecule has 0 radical (unpaired) electrons. The second-order valence-corrected chi connectivity index (χ2v) is 9.50. The lowest BCUT2D eigenvalue weighted by Crippen LogP contribution is -2.36. The molecule has 6 nitrogen and oxygen atoms in total. The van der Waals surface area contributed by atoms with Crippen molar-refractivity contribution in [2.75, 3.05) is 24.6 Å². The average Bonchev–Trinajstić information content (AvgIpc) is 3.16. The molecule has 0 saturated heterocycles. The Morgan fingerprint density at radius 3 is 2.82 bits per heavy atom. The number of nitrogens with zero attached hydrogens (tertiary/aromatic N) is 2. The van der Waals surface area contributed by atoms with Gasteiger partial charge in [-0.05, 0) is 61.1 Å². The lowest BCUT2D eigenvalue weighted by Gasteiger charge is -2.31. The van der Waals surface area contributed by atoms with E-state index < -0.39 is 6.04 Å². The third-order valence-electron chi connectivity index (χ3n) is 6.49. The third-order valence-corrected chi connectivity index (χ3v) is 6.98. The predicted octanol–water partition coefficient (Wildman–Crippen LogP) is 4.56. The Labute approximate surface area is 203 Å². The van der Waals surface area contributed by atoms with Crippen molar-refractivity contribution in [1.82, 2.24) is 4.90 Å². The number of anilines is 1. The number of fused-ring (bicyclic) bond motifs is 2. The highest BCUT2D eigenvalue weighted by Gasteiger charge is 2.33. The second-order valence-electron chi connectivity index (χ2n) is 8.58. The molecule has 2 aliphatic heterocycles. The number of carbonyl (C=O) groups is 3. The zero-order valence-corrected chi connectivity index (χ0v) is 20.3. The Morgan fingerprint density at radius 2 is 2.00 bits per heavy atom. The molecule has 0 aromatic heterocycles. The van der Waals surface area contributed by atoms with E-state index in [0.717, 1.165) is 72.8 Å². The van der Waals surface area contributed by atoms with E-state index in [2.05, 4.69) is 39.0 Å². The van der Waals surface area contributed by atoms with Crippen molar-refractivity contribution in [3.63, 3.8) is 0 Å². The zero-order valence-electron chi connectivity index (χ0n) is 18.7. The molecular formula is C26H29BrN2O4. The lowest BCUT2D eigenvalue weighted by atomic mass is 9.98. The van der Waals surface area contributed by atoms with E-state index in [1.165, 1.54) is 5.56 Å². The van der Waals surface area contributed by atoms with Gasteiger partial charge in [0.15, 0.2) is 0 Å². The summed E-state index contributed by atoms with van der Waals surface area (Å²) in [5.41, 5.74) is 4.07. The lowest BCUT2D eigenvalue weighted by molar-refractivity contribution is -0.112. The summed E-state index contributed by atoms with van der Waals surface area (Å²) in [5, 5.41) is 0. The standard InChI is InChI=1S/C26H29BrN2O4/c27-20-10-11-24-25(16-20)33-15-13-28(24)12-3-1-2-6-19-7-4-9-22-23(19)17-29(26(22)32)21(18-31)8-5-14-30/h4,7,9-11,14,16,18,21H,1-3,5-6,8,12-13,15,17H2. The molecule has 0 fully saturated rings. The van der Waals surface area contributed by atoms with Crippen LogP contribution in [-0.2, 0) is 22.6 Å². The summed E-state index contributed by atoms with van der Waals surface area (Å²) < 4.78 is 6.81. The molecule has 0 N–H and O–H groups in total. The van der Waals surface area contributed by atoms with Crippen molar-refractivity contribution >= 4 is 40.1 Å². The minimum atomic E-state index is -0.542. The van der Waals surface area contributed by atoms with Crippen LogP contribution >= 0.6 is 15.9 Å². The van der Waals surface area contributed by atoms with Crippen molar-refractivity contribution in [3.8, 4) is 5.75 Å². The van der Waals surface area contributed by atoms with E-state index in [0.29, 0.717) is 25.1 Å². The number of carbonyl (C=O) groups excluding carboxylic acids is 3. The molecule has 0 spiro atoms. The molecule has 1 amide bonds. The fraction of sp³-hybridized carbons (Fsp3) is 0.423. The molecule has 2 heterocycles. The first-order chi connectivity index (χ1) is 16.1. The molecule has 174 valence electrons. The summed E-state index contributed by atoms with van der Waals surface area (Å²) in [6, 6.07) is 11.5. The fourth-order valence-corrected chi connectivity index (χ4v) is 5.08. The maximum Gasteiger partial charge on any atom is 0.255 e. The van der Waals surface area contributed by atoms with Crippen LogP contribution in [0, 0.1) is 0 Å². The monoisotopic (exact) mass is 512 g/mol. The third kappa shape index (κ3) is 5.29. The minimum Gasteiger partial charge on any atom is -0.490 e. The minimum absolute atomic E-state index is 0.104. The van der Waals surface area contributed by atoms with Crippen LogP contribution in [0.25, 0.3) is 0 Å². The molecule has 4 rings (SSSR count). The predicted molar refractivity (Wildman–Crippen MR) is 131 cm³/mol. The van der Waals surface area contributed by atoms with Crippen LogP contribution in [0.1, 0.15) is 53.6 Å². The van der Waals surface area contributed by atoms with E-state index in [4.69, 9.17) is 4.74 Å². The number of ether oxygens (including phenoxy) is 1. The van der Waals surface area contributed by atoms with Gasteiger partial charge in [-0.2, -0.15) is 0 Å². The molecule has 33 heavy (non-hydrogen) atoms. The Hall–Kier alpha value is -2.67. The molecule has 1 atom stereocenters. The summed E-state index contributed by atoms with van der Waals surface area (Å²) in [4.78, 5) is 39.1. The number of benzene rings is 2. The number of halogens is 1. The highest BCUT2D eigenvalue weighted by molar-refractivity contribution is 9.10. The highest BCUT2D eigenvalue weighted by Crippen LogP contribution is 2.34. The molecule has 7 heteroatoms. The number of aldehydes is 2. The quantitative estimate of drug-likeness (QED) is 0.326. The van der Waals surface area contributed by atoms with Gasteiger partial charge in [-0.3, -0.25) is 4.79 Å². The van der Waals surface area contributed by atoms with Gasteiger partial charge in [-0.25, -0.2) is 0 Å². The van der Waals surface area contributed by atoms with E-state index in [9.17, 15) is 14.4 Å². The van der Waals surface area contributed by atoms with Crippen molar-refractivity contribution < 1.29 is 19.1 Å². The normalized spacial score (nSPS) is 15.6. The van der Waals surface area contributed by atoms with E-state index in [1.54, 1.807) is 4.90 Å². The Balaban J connectivity index is 1.30. The number of aryl methyl sites for hydroxylation is 1. The Bertz CT molecular complexity index is 1030. The Morgan fingerprint density at radius 1 is 1.12 bits per heavy atom. The largest absolute Gasteiger partial charge is 0.490 e. The van der Waals surface area contributed by atoms with Crippen LogP contribution in [-0.4, -0.2) is 49.1 Å². The van der Waals surface area contributed by atoms with E-state index >= 15 is 0 Å². The number of hydrogen-bond acceptors (Lipinski definition) is 5. The summed E-state index contributed by atoms with van der Waals surface area (Å²) in [5.74, 6) is 0.832. The van der Waals surface area contributed by atoms with Crippen LogP contribution in [0.5, 0.6) is 5.75 Å². The topological polar surface area (TPSA) is 66.9 Å². The number of unbranched alkanes of at least 4 members (excludes halogenated alkanes) is 2. The summed E-state index contributed by atoms with van der Waals surface area (Å²) in [6.07, 6.45) is 6.39. The van der Waals surface area contributed by atoms with Crippen LogP contribution in [0.3, 0.4) is 0 Å². The van der Waals surface area contributed by atoms with Gasteiger partial charge in [-0.1, -0.05) is 34.5 Å². The van der Waals surface area contributed by atoms with Gasteiger partial charge >= 0.3 is 0 Å². The van der Waals surface area contributed by atoms with Gasteiger partial charge in [0.25, 0.3) is 5.91 Å². The summed E-state index contributed by atoms with van der Waals surface area (Å²) in [7, 11) is 0. The van der Waals surface area contributed by atoms with Gasteiger partial charge < -0.3 is 24.1 Å². The van der Waals surface area contributed by atoms with Gasteiger partial charge in [0, 0.05) is 29.5 Å². The van der Waals surface area contributed by atoms with Crippen molar-refractivity contribution in [2.45, 2.75) is 51.1 Å². The van der Waals surface area contributed by atoms with Crippen molar-refractivity contribution in [2.24, 2.45) is 0 Å². The van der Waals surface area contributed by atoms with Gasteiger partial charge in [-0.15, -0.1) is 0 Å². The van der Waals surface area contributed by atoms with Gasteiger partial charge in [0.05, 0.1) is 18.3 Å². The molecule has 1 unspecified atom stereocenters. The number of hydrogen-bond donors (Lipinski definition) is 0. The van der Waals surface area contributed by atoms with E-state index in [-0.39, 0.29) is 12.3 Å². The first-order valence-corrected chi connectivity index (χ1v) is 12.4. The number of amides is 1. The zero-order chi connectivity index (χ0) is 23.2. The average molecular weight is 513 g/mol. The SMILES string of the molecule is O=CCCC(C=O)N1Cc2c(CCCCCN3CCOc4cc(Br)ccc43)cccc2C1=O. The fourth-order valence-electron chi connectivity index (χ4n) is 4.74. The Kier molecular flexibility index (Phi) is 7.81. The molecule has 2 aliphatic rings. The van der Waals surface area contributed by atoms with Crippen LogP contribution in [0.2, 0.25) is 0 Å². The molecule has 2 aromatic carbocycles. The first kappa shape index (κ1) is 23.5. The van der Waals surface area contributed by atoms with Crippen molar-refractivity contribution in [3.05, 3.63) is 57.6 Å². The van der Waals surface area contributed by atoms with Crippen LogP contribution in [0.4, 0.5) is 5.69 Å². The molecule has 0 saturated carbocycles. The van der Waals surface area contributed by atoms with E-state index in [1.807, 2.05) is 18.2 Å².